The van der Waals surface area contributed by atoms with E-state index in [-0.39, 0.29) is 18.3 Å². The fourth-order valence-corrected chi connectivity index (χ4v) is 1.85. The van der Waals surface area contributed by atoms with Crippen molar-refractivity contribution in [3.05, 3.63) is 34.3 Å². The van der Waals surface area contributed by atoms with Crippen molar-refractivity contribution in [3.8, 4) is 0 Å². The first-order chi connectivity index (χ1) is 7.74. The van der Waals surface area contributed by atoms with Gasteiger partial charge in [0.2, 0.25) is 5.91 Å². The van der Waals surface area contributed by atoms with Crippen molar-refractivity contribution < 1.29 is 4.79 Å². The fraction of sp³-hybridized carbons (Fsp3) is 0.417. The van der Waals surface area contributed by atoms with E-state index in [1.165, 1.54) is 0 Å². The molecular weight excluding hydrogens is 304 g/mol. The van der Waals surface area contributed by atoms with Gasteiger partial charge in [0.1, 0.15) is 0 Å². The van der Waals surface area contributed by atoms with Crippen molar-refractivity contribution in [2.75, 3.05) is 13.1 Å². The normalized spacial score (nSPS) is 9.53. The van der Waals surface area contributed by atoms with E-state index in [1.807, 2.05) is 24.3 Å². The zero-order valence-electron chi connectivity index (χ0n) is 9.62. The molecule has 3 nitrogen and oxygen atoms in total. The Kier molecular flexibility index (Phi) is 9.13. The molecule has 1 rings (SSSR count). The number of nitrogens with one attached hydrogen (secondary N) is 1. The summed E-state index contributed by atoms with van der Waals surface area (Å²) >= 11 is 3.46. The van der Waals surface area contributed by atoms with Gasteiger partial charge in [0, 0.05) is 17.4 Å². The van der Waals surface area contributed by atoms with Crippen molar-refractivity contribution in [1.82, 2.24) is 5.32 Å². The number of carbonyl (C=O) groups is 1. The van der Waals surface area contributed by atoms with E-state index >= 15 is 0 Å². The summed E-state index contributed by atoms with van der Waals surface area (Å²) < 4.78 is 1.06. The summed E-state index contributed by atoms with van der Waals surface area (Å²) in [6.45, 7) is 1.29. The molecule has 0 fully saturated rings. The molecular formula is C12H18BrClN2O. The fourth-order valence-electron chi connectivity index (χ4n) is 1.37. The molecule has 1 amide bonds. The Morgan fingerprint density at radius 3 is 2.71 bits per heavy atom. The van der Waals surface area contributed by atoms with E-state index in [9.17, 15) is 4.79 Å². The van der Waals surface area contributed by atoms with Gasteiger partial charge in [-0.25, -0.2) is 0 Å². The molecule has 0 spiro atoms. The molecule has 0 aliphatic rings. The maximum Gasteiger partial charge on any atom is 0.220 e. The number of rotatable bonds is 6. The van der Waals surface area contributed by atoms with Crippen LogP contribution in [-0.2, 0) is 11.2 Å². The molecule has 0 aliphatic heterocycles. The Balaban J connectivity index is 0.00000256. The van der Waals surface area contributed by atoms with Crippen LogP contribution in [-0.4, -0.2) is 19.0 Å². The predicted octanol–water partition coefficient (Wildman–Crippen LogP) is 2.27. The van der Waals surface area contributed by atoms with Gasteiger partial charge in [0.25, 0.3) is 0 Å². The molecule has 0 radical (unpaired) electrons. The lowest BCUT2D eigenvalue weighted by atomic mass is 10.1. The lowest BCUT2D eigenvalue weighted by Crippen LogP contribution is -2.26. The standard InChI is InChI=1S/C12H17BrN2O.ClH/c13-11-5-2-1-4-10(11)6-7-12(16)15-9-3-8-14;/h1-2,4-5H,3,6-9,14H2,(H,15,16);1H. The molecule has 3 N–H and O–H groups in total. The minimum absolute atomic E-state index is 0. The number of hydrogen-bond acceptors (Lipinski definition) is 2. The second kappa shape index (κ2) is 9.45. The average Bonchev–Trinajstić information content (AvgIpc) is 2.28. The average molecular weight is 322 g/mol. The topological polar surface area (TPSA) is 55.1 Å². The van der Waals surface area contributed by atoms with Crippen molar-refractivity contribution in [2.24, 2.45) is 5.73 Å². The summed E-state index contributed by atoms with van der Waals surface area (Å²) in [4.78, 5) is 11.4. The highest BCUT2D eigenvalue weighted by molar-refractivity contribution is 9.10. The third-order valence-electron chi connectivity index (χ3n) is 2.28. The summed E-state index contributed by atoms with van der Waals surface area (Å²) in [6.07, 6.45) is 2.11. The van der Waals surface area contributed by atoms with Gasteiger partial charge in [-0.15, -0.1) is 12.4 Å². The molecule has 96 valence electrons. The summed E-state index contributed by atoms with van der Waals surface area (Å²) in [6, 6.07) is 7.96. The van der Waals surface area contributed by atoms with Gasteiger partial charge in [0.15, 0.2) is 0 Å². The van der Waals surface area contributed by atoms with Gasteiger partial charge >= 0.3 is 0 Å². The van der Waals surface area contributed by atoms with E-state index in [1.54, 1.807) is 0 Å². The summed E-state index contributed by atoms with van der Waals surface area (Å²) in [5.74, 6) is 0.0872. The first-order valence-corrected chi connectivity index (χ1v) is 6.23. The number of carbonyl (C=O) groups excluding carboxylic acids is 1. The second-order valence-electron chi connectivity index (χ2n) is 3.58. The van der Waals surface area contributed by atoms with E-state index in [0.29, 0.717) is 19.5 Å². The zero-order chi connectivity index (χ0) is 11.8. The third-order valence-corrected chi connectivity index (χ3v) is 3.06. The molecule has 0 saturated carbocycles. The number of aryl methyl sites for hydroxylation is 1. The van der Waals surface area contributed by atoms with E-state index in [0.717, 1.165) is 22.9 Å². The van der Waals surface area contributed by atoms with E-state index < -0.39 is 0 Å². The lowest BCUT2D eigenvalue weighted by Gasteiger charge is -2.05. The monoisotopic (exact) mass is 320 g/mol. The van der Waals surface area contributed by atoms with Gasteiger partial charge in [-0.05, 0) is 31.0 Å². The molecule has 17 heavy (non-hydrogen) atoms. The van der Waals surface area contributed by atoms with E-state index in [4.69, 9.17) is 5.73 Å². The quantitative estimate of drug-likeness (QED) is 0.790. The third kappa shape index (κ3) is 6.66. The van der Waals surface area contributed by atoms with Crippen molar-refractivity contribution in [1.29, 1.82) is 0 Å². The zero-order valence-corrected chi connectivity index (χ0v) is 12.0. The van der Waals surface area contributed by atoms with Crippen LogP contribution >= 0.6 is 28.3 Å². The highest BCUT2D eigenvalue weighted by Gasteiger charge is 2.03. The summed E-state index contributed by atoms with van der Waals surface area (Å²) in [7, 11) is 0. The Hall–Kier alpha value is -0.580. The van der Waals surface area contributed by atoms with Gasteiger partial charge in [-0.2, -0.15) is 0 Å². The summed E-state index contributed by atoms with van der Waals surface area (Å²) in [5.41, 5.74) is 6.51. The van der Waals surface area contributed by atoms with Crippen LogP contribution in [0.3, 0.4) is 0 Å². The molecule has 0 bridgehead atoms. The van der Waals surface area contributed by atoms with Crippen LogP contribution in [0.1, 0.15) is 18.4 Å². The minimum Gasteiger partial charge on any atom is -0.356 e. The van der Waals surface area contributed by atoms with Crippen LogP contribution in [0.25, 0.3) is 0 Å². The van der Waals surface area contributed by atoms with Gasteiger partial charge in [-0.1, -0.05) is 34.1 Å². The van der Waals surface area contributed by atoms with Crippen LogP contribution < -0.4 is 11.1 Å². The number of halogens is 2. The maximum atomic E-state index is 11.4. The van der Waals surface area contributed by atoms with Crippen LogP contribution in [0.15, 0.2) is 28.7 Å². The minimum atomic E-state index is 0. The molecule has 0 aliphatic carbocycles. The molecule has 0 aromatic heterocycles. The molecule has 1 aromatic rings. The number of nitrogens with two attached hydrogens (primary N) is 1. The van der Waals surface area contributed by atoms with Gasteiger partial charge < -0.3 is 11.1 Å². The number of amides is 1. The first-order valence-electron chi connectivity index (χ1n) is 5.44. The van der Waals surface area contributed by atoms with Crippen molar-refractivity contribution >= 4 is 34.2 Å². The molecule has 5 heteroatoms. The Labute approximate surface area is 117 Å². The lowest BCUT2D eigenvalue weighted by molar-refractivity contribution is -0.121. The Morgan fingerprint density at radius 2 is 2.06 bits per heavy atom. The maximum absolute atomic E-state index is 11.4. The number of hydrogen-bond donors (Lipinski definition) is 2. The Bertz CT molecular complexity index is 347. The van der Waals surface area contributed by atoms with E-state index in [2.05, 4.69) is 21.2 Å². The largest absolute Gasteiger partial charge is 0.356 e. The number of benzene rings is 1. The highest BCUT2D eigenvalue weighted by atomic mass is 79.9. The van der Waals surface area contributed by atoms with Crippen LogP contribution in [0.2, 0.25) is 0 Å². The predicted molar refractivity (Wildman–Crippen MR) is 76.4 cm³/mol. The summed E-state index contributed by atoms with van der Waals surface area (Å²) in [5, 5.41) is 2.84. The van der Waals surface area contributed by atoms with Gasteiger partial charge in [-0.3, -0.25) is 4.79 Å². The molecule has 0 heterocycles. The van der Waals surface area contributed by atoms with Gasteiger partial charge in [0.05, 0.1) is 0 Å². The smallest absolute Gasteiger partial charge is 0.220 e. The van der Waals surface area contributed by atoms with Crippen molar-refractivity contribution in [3.63, 3.8) is 0 Å². The molecule has 1 aromatic carbocycles. The molecule has 0 unspecified atom stereocenters. The van der Waals surface area contributed by atoms with Crippen LogP contribution in [0.4, 0.5) is 0 Å². The Morgan fingerprint density at radius 1 is 1.35 bits per heavy atom. The SMILES string of the molecule is Cl.NCCCNC(=O)CCc1ccccc1Br. The van der Waals surface area contributed by atoms with Crippen LogP contribution in [0, 0.1) is 0 Å². The molecule has 0 saturated heterocycles. The highest BCUT2D eigenvalue weighted by Crippen LogP contribution is 2.17. The van der Waals surface area contributed by atoms with Crippen LogP contribution in [0.5, 0.6) is 0 Å². The molecule has 0 atom stereocenters. The second-order valence-corrected chi connectivity index (χ2v) is 4.44. The first kappa shape index (κ1) is 16.4. The van der Waals surface area contributed by atoms with Crippen molar-refractivity contribution in [2.45, 2.75) is 19.3 Å².